The number of hydrogen-bond donors (Lipinski definition) is 2. The van der Waals surface area contributed by atoms with E-state index < -0.39 is 0 Å². The number of nitrogens with one attached hydrogen (secondary N) is 1. The van der Waals surface area contributed by atoms with E-state index in [1.807, 2.05) is 18.2 Å². The van der Waals surface area contributed by atoms with E-state index in [2.05, 4.69) is 31.0 Å². The summed E-state index contributed by atoms with van der Waals surface area (Å²) in [4.78, 5) is 14.4. The topological polar surface area (TPSA) is 58.4 Å². The summed E-state index contributed by atoms with van der Waals surface area (Å²) in [6.07, 6.45) is 4.16. The fourth-order valence-corrected chi connectivity index (χ4v) is 2.26. The number of anilines is 2. The molecule has 0 fully saturated rings. The maximum absolute atomic E-state index is 12.0. The van der Waals surface area contributed by atoms with Crippen molar-refractivity contribution in [1.82, 2.24) is 4.90 Å². The lowest BCUT2D eigenvalue weighted by atomic mass is 10.2. The molecular weight excluding hydrogens is 262 g/mol. The molecule has 0 unspecified atom stereocenters. The predicted molar refractivity (Wildman–Crippen MR) is 90.3 cm³/mol. The molecule has 1 aromatic carbocycles. The molecule has 1 aromatic rings. The molecule has 21 heavy (non-hydrogen) atoms. The van der Waals surface area contributed by atoms with Gasteiger partial charge in [0.2, 0.25) is 5.91 Å². The Morgan fingerprint density at radius 1 is 1.24 bits per heavy atom. The SMILES string of the molecule is CCCCCN(CCC(=O)Nc1ccccc1N)C(C)C. The summed E-state index contributed by atoms with van der Waals surface area (Å²) in [7, 11) is 0. The lowest BCUT2D eigenvalue weighted by molar-refractivity contribution is -0.116. The van der Waals surface area contributed by atoms with Crippen molar-refractivity contribution >= 4 is 17.3 Å². The van der Waals surface area contributed by atoms with Crippen LogP contribution in [0, 0.1) is 0 Å². The van der Waals surface area contributed by atoms with Crippen molar-refractivity contribution in [2.24, 2.45) is 0 Å². The molecule has 0 aromatic heterocycles. The molecule has 0 heterocycles. The normalized spacial score (nSPS) is 11.1. The zero-order valence-corrected chi connectivity index (χ0v) is 13.6. The molecule has 1 amide bonds. The summed E-state index contributed by atoms with van der Waals surface area (Å²) in [5.41, 5.74) is 7.13. The van der Waals surface area contributed by atoms with Crippen LogP contribution >= 0.6 is 0 Å². The summed E-state index contributed by atoms with van der Waals surface area (Å²) in [5, 5.41) is 2.88. The summed E-state index contributed by atoms with van der Waals surface area (Å²) < 4.78 is 0. The fourth-order valence-electron chi connectivity index (χ4n) is 2.26. The molecule has 0 spiro atoms. The molecule has 0 atom stereocenters. The molecule has 4 heteroatoms. The minimum Gasteiger partial charge on any atom is -0.397 e. The number of carbonyl (C=O) groups excluding carboxylic acids is 1. The Labute approximate surface area is 128 Å². The summed E-state index contributed by atoms with van der Waals surface area (Å²) >= 11 is 0. The van der Waals surface area contributed by atoms with E-state index >= 15 is 0 Å². The third-order valence-electron chi connectivity index (χ3n) is 3.64. The second-order valence-electron chi connectivity index (χ2n) is 5.72. The van der Waals surface area contributed by atoms with E-state index in [0.29, 0.717) is 23.8 Å². The Bertz CT molecular complexity index is 432. The second kappa shape index (κ2) is 9.40. The highest BCUT2D eigenvalue weighted by atomic mass is 16.1. The van der Waals surface area contributed by atoms with Crippen LogP contribution in [-0.2, 0) is 4.79 Å². The number of amides is 1. The molecule has 0 aliphatic heterocycles. The van der Waals surface area contributed by atoms with Crippen molar-refractivity contribution in [3.8, 4) is 0 Å². The number of nitrogens with two attached hydrogens (primary N) is 1. The highest BCUT2D eigenvalue weighted by Crippen LogP contribution is 2.16. The van der Waals surface area contributed by atoms with Crippen molar-refractivity contribution in [1.29, 1.82) is 0 Å². The van der Waals surface area contributed by atoms with Gasteiger partial charge in [0.15, 0.2) is 0 Å². The monoisotopic (exact) mass is 291 g/mol. The average molecular weight is 291 g/mol. The van der Waals surface area contributed by atoms with Crippen molar-refractivity contribution in [3.05, 3.63) is 24.3 Å². The molecule has 0 bridgehead atoms. The summed E-state index contributed by atoms with van der Waals surface area (Å²) in [6, 6.07) is 7.82. The van der Waals surface area contributed by atoms with Crippen LogP contribution in [0.15, 0.2) is 24.3 Å². The van der Waals surface area contributed by atoms with Gasteiger partial charge in [0.25, 0.3) is 0 Å². The lowest BCUT2D eigenvalue weighted by Crippen LogP contribution is -2.34. The summed E-state index contributed by atoms with van der Waals surface area (Å²) in [6.45, 7) is 8.42. The number of nitrogen functional groups attached to an aromatic ring is 1. The Morgan fingerprint density at radius 2 is 1.95 bits per heavy atom. The maximum atomic E-state index is 12.0. The van der Waals surface area contributed by atoms with E-state index in [9.17, 15) is 4.79 Å². The van der Waals surface area contributed by atoms with Gasteiger partial charge in [-0.1, -0.05) is 31.9 Å². The quantitative estimate of drug-likeness (QED) is 0.541. The molecular formula is C17H29N3O. The predicted octanol–water partition coefficient (Wildman–Crippen LogP) is 3.50. The minimum absolute atomic E-state index is 0.0223. The van der Waals surface area contributed by atoms with E-state index in [1.165, 1.54) is 19.3 Å². The first-order chi connectivity index (χ1) is 10.0. The van der Waals surface area contributed by atoms with Gasteiger partial charge in [-0.05, 0) is 38.9 Å². The van der Waals surface area contributed by atoms with Crippen molar-refractivity contribution in [3.63, 3.8) is 0 Å². The maximum Gasteiger partial charge on any atom is 0.225 e. The molecule has 3 N–H and O–H groups in total. The first-order valence-corrected chi connectivity index (χ1v) is 7.93. The molecule has 0 saturated heterocycles. The number of para-hydroxylation sites is 2. The number of benzene rings is 1. The molecule has 0 saturated carbocycles. The van der Waals surface area contributed by atoms with Gasteiger partial charge in [0.05, 0.1) is 11.4 Å². The van der Waals surface area contributed by atoms with Crippen LogP contribution in [0.3, 0.4) is 0 Å². The first-order valence-electron chi connectivity index (χ1n) is 7.93. The number of hydrogen-bond acceptors (Lipinski definition) is 3. The Hall–Kier alpha value is -1.55. The molecule has 0 aliphatic carbocycles. The fraction of sp³-hybridized carbons (Fsp3) is 0.588. The largest absolute Gasteiger partial charge is 0.397 e. The molecule has 1 rings (SSSR count). The highest BCUT2D eigenvalue weighted by Gasteiger charge is 2.12. The van der Waals surface area contributed by atoms with Crippen LogP contribution in [0.25, 0.3) is 0 Å². The van der Waals surface area contributed by atoms with Gasteiger partial charge in [-0.2, -0.15) is 0 Å². The van der Waals surface area contributed by atoms with Crippen LogP contribution in [-0.4, -0.2) is 29.9 Å². The van der Waals surface area contributed by atoms with Gasteiger partial charge in [-0.3, -0.25) is 4.79 Å². The van der Waals surface area contributed by atoms with Crippen LogP contribution in [0.1, 0.15) is 46.5 Å². The van der Waals surface area contributed by atoms with E-state index in [4.69, 9.17) is 5.73 Å². The first kappa shape index (κ1) is 17.5. The highest BCUT2D eigenvalue weighted by molar-refractivity contribution is 5.93. The molecule has 118 valence electrons. The van der Waals surface area contributed by atoms with Crippen LogP contribution in [0.5, 0.6) is 0 Å². The third-order valence-corrected chi connectivity index (χ3v) is 3.64. The number of unbranched alkanes of at least 4 members (excludes halogenated alkanes) is 2. The molecule has 0 aliphatic rings. The number of carbonyl (C=O) groups is 1. The third kappa shape index (κ3) is 6.63. The number of nitrogens with zero attached hydrogens (tertiary/aromatic N) is 1. The van der Waals surface area contributed by atoms with Crippen molar-refractivity contribution < 1.29 is 4.79 Å². The van der Waals surface area contributed by atoms with E-state index in [0.717, 1.165) is 13.1 Å². The Kier molecular flexibility index (Phi) is 7.83. The van der Waals surface area contributed by atoms with Crippen LogP contribution in [0.4, 0.5) is 11.4 Å². The smallest absolute Gasteiger partial charge is 0.225 e. The zero-order chi connectivity index (χ0) is 15.7. The van der Waals surface area contributed by atoms with Gasteiger partial charge in [-0.15, -0.1) is 0 Å². The molecule has 0 radical (unpaired) electrons. The average Bonchev–Trinajstić information content (AvgIpc) is 2.44. The summed E-state index contributed by atoms with van der Waals surface area (Å²) in [5.74, 6) is 0.0223. The van der Waals surface area contributed by atoms with Gasteiger partial charge >= 0.3 is 0 Å². The number of rotatable bonds is 9. The zero-order valence-electron chi connectivity index (χ0n) is 13.6. The van der Waals surface area contributed by atoms with Crippen LogP contribution in [0.2, 0.25) is 0 Å². The standard InChI is InChI=1S/C17H29N3O/c1-4-5-8-12-20(14(2)3)13-11-17(21)19-16-10-7-6-9-15(16)18/h6-7,9-10,14H,4-5,8,11-13,18H2,1-3H3,(H,19,21). The van der Waals surface area contributed by atoms with Gasteiger partial charge in [-0.25, -0.2) is 0 Å². The Balaban J connectivity index is 2.41. The second-order valence-corrected chi connectivity index (χ2v) is 5.72. The molecule has 4 nitrogen and oxygen atoms in total. The van der Waals surface area contributed by atoms with Crippen molar-refractivity contribution in [2.75, 3.05) is 24.1 Å². The lowest BCUT2D eigenvalue weighted by Gasteiger charge is -2.26. The van der Waals surface area contributed by atoms with Crippen LogP contribution < -0.4 is 11.1 Å². The Morgan fingerprint density at radius 3 is 2.57 bits per heavy atom. The minimum atomic E-state index is 0.0223. The van der Waals surface area contributed by atoms with Gasteiger partial charge < -0.3 is 16.0 Å². The van der Waals surface area contributed by atoms with Crippen molar-refractivity contribution in [2.45, 2.75) is 52.5 Å². The van der Waals surface area contributed by atoms with Gasteiger partial charge in [0.1, 0.15) is 0 Å². The van der Waals surface area contributed by atoms with E-state index in [1.54, 1.807) is 6.07 Å². The van der Waals surface area contributed by atoms with E-state index in [-0.39, 0.29) is 5.91 Å². The van der Waals surface area contributed by atoms with Gasteiger partial charge in [0, 0.05) is 19.0 Å².